The topological polar surface area (TPSA) is 97.0 Å². The number of ether oxygens (including phenoxy) is 1. The molecule has 0 saturated heterocycles. The molecule has 0 bridgehead atoms. The van der Waals surface area contributed by atoms with E-state index in [1.165, 1.54) is 29.1 Å². The van der Waals surface area contributed by atoms with Gasteiger partial charge in [0.2, 0.25) is 5.09 Å². The molecule has 1 N–H and O–H groups in total. The molecular formula is C25H25NO6S. The van der Waals surface area contributed by atoms with Crippen molar-refractivity contribution in [3.63, 3.8) is 0 Å². The van der Waals surface area contributed by atoms with E-state index in [-0.39, 0.29) is 11.7 Å². The number of sulfonamides is 1. The van der Waals surface area contributed by atoms with Crippen LogP contribution in [0, 0.1) is 6.92 Å². The van der Waals surface area contributed by atoms with Crippen LogP contribution in [0.2, 0.25) is 0 Å². The van der Waals surface area contributed by atoms with E-state index < -0.39 is 16.0 Å². The van der Waals surface area contributed by atoms with Crippen molar-refractivity contribution in [2.45, 2.75) is 37.9 Å². The molecular weight excluding hydrogens is 442 g/mol. The maximum atomic E-state index is 13.1. The van der Waals surface area contributed by atoms with Crippen molar-refractivity contribution in [3.8, 4) is 5.75 Å². The first kappa shape index (κ1) is 22.7. The van der Waals surface area contributed by atoms with Crippen molar-refractivity contribution < 1.29 is 27.5 Å². The van der Waals surface area contributed by atoms with Crippen LogP contribution < -0.4 is 9.04 Å². The summed E-state index contributed by atoms with van der Waals surface area (Å²) in [4.78, 5) is 10.7. The number of benzene rings is 2. The molecule has 0 saturated carbocycles. The van der Waals surface area contributed by atoms with E-state index >= 15 is 0 Å². The minimum atomic E-state index is -3.88. The fraction of sp³-hybridized carbons (Fsp3) is 0.240. The van der Waals surface area contributed by atoms with Crippen molar-refractivity contribution in [1.82, 2.24) is 0 Å². The van der Waals surface area contributed by atoms with Gasteiger partial charge in [-0.3, -0.25) is 4.31 Å². The average molecular weight is 468 g/mol. The van der Waals surface area contributed by atoms with Crippen LogP contribution in [-0.4, -0.2) is 26.5 Å². The monoisotopic (exact) mass is 467 g/mol. The zero-order valence-corrected chi connectivity index (χ0v) is 19.3. The first-order chi connectivity index (χ1) is 15.7. The number of carboxylic acids is 1. The van der Waals surface area contributed by atoms with E-state index in [0.29, 0.717) is 17.2 Å². The Morgan fingerprint density at radius 1 is 1.12 bits per heavy atom. The van der Waals surface area contributed by atoms with Gasteiger partial charge in [0, 0.05) is 13.1 Å². The number of carbonyl (C=O) groups is 1. The molecule has 0 unspecified atom stereocenters. The van der Waals surface area contributed by atoms with Gasteiger partial charge in [-0.1, -0.05) is 24.3 Å². The third-order valence-electron chi connectivity index (χ3n) is 5.64. The van der Waals surface area contributed by atoms with Gasteiger partial charge in [0.25, 0.3) is 10.0 Å². The zero-order valence-electron chi connectivity index (χ0n) is 18.4. The first-order valence-electron chi connectivity index (χ1n) is 10.6. The fourth-order valence-corrected chi connectivity index (χ4v) is 4.97. The van der Waals surface area contributed by atoms with E-state index in [1.54, 1.807) is 25.1 Å². The molecule has 1 aliphatic rings. The van der Waals surface area contributed by atoms with Gasteiger partial charge >= 0.3 is 5.97 Å². The molecule has 172 valence electrons. The molecule has 0 aliphatic heterocycles. The van der Waals surface area contributed by atoms with E-state index in [4.69, 9.17) is 14.3 Å². The molecule has 2 aromatic carbocycles. The Kier molecular flexibility index (Phi) is 6.29. The number of rotatable bonds is 8. The van der Waals surface area contributed by atoms with Crippen LogP contribution in [0.5, 0.6) is 5.75 Å². The molecule has 3 aromatic rings. The maximum absolute atomic E-state index is 13.1. The van der Waals surface area contributed by atoms with Crippen LogP contribution in [-0.2, 0) is 34.3 Å². The standard InChI is InChI=1S/C25H25NO6S/c1-17-6-13-25(32-17)33(29,30)26(2)22-14-20-4-3-5-21(20)15-23(22)31-16-19-9-7-18(8-10-19)11-12-24(27)28/h6-15H,3-5,16H2,1-2H3,(H,27,28)/b12-11+. The highest BCUT2D eigenvalue weighted by Gasteiger charge is 2.28. The maximum Gasteiger partial charge on any atom is 0.328 e. The molecule has 0 spiro atoms. The Bertz CT molecular complexity index is 1310. The van der Waals surface area contributed by atoms with Gasteiger partial charge < -0.3 is 14.3 Å². The summed E-state index contributed by atoms with van der Waals surface area (Å²) in [5, 5.41) is 8.64. The third-order valence-corrected chi connectivity index (χ3v) is 7.28. The summed E-state index contributed by atoms with van der Waals surface area (Å²) in [6.07, 6.45) is 5.46. The second kappa shape index (κ2) is 9.15. The normalized spacial score (nSPS) is 13.3. The second-order valence-corrected chi connectivity index (χ2v) is 9.88. The van der Waals surface area contributed by atoms with Crippen molar-refractivity contribution in [2.24, 2.45) is 0 Å². The Morgan fingerprint density at radius 2 is 1.82 bits per heavy atom. The van der Waals surface area contributed by atoms with Gasteiger partial charge in [-0.2, -0.15) is 8.42 Å². The molecule has 33 heavy (non-hydrogen) atoms. The third kappa shape index (κ3) is 4.96. The van der Waals surface area contributed by atoms with E-state index in [9.17, 15) is 13.2 Å². The lowest BCUT2D eigenvalue weighted by atomic mass is 10.1. The number of hydrogen-bond acceptors (Lipinski definition) is 5. The van der Waals surface area contributed by atoms with Gasteiger partial charge in [-0.25, -0.2) is 4.79 Å². The molecule has 0 atom stereocenters. The lowest BCUT2D eigenvalue weighted by molar-refractivity contribution is -0.131. The van der Waals surface area contributed by atoms with Crippen molar-refractivity contribution in [1.29, 1.82) is 0 Å². The van der Waals surface area contributed by atoms with Crippen LogP contribution in [0.25, 0.3) is 6.08 Å². The van der Waals surface area contributed by atoms with E-state index in [1.807, 2.05) is 24.3 Å². The Balaban J connectivity index is 1.60. The summed E-state index contributed by atoms with van der Waals surface area (Å²) in [7, 11) is -2.38. The molecule has 1 aromatic heterocycles. The number of furan rings is 1. The average Bonchev–Trinajstić information content (AvgIpc) is 3.44. The number of aliphatic carboxylic acids is 1. The number of fused-ring (bicyclic) bond motifs is 1. The van der Waals surface area contributed by atoms with Gasteiger partial charge in [-0.05, 0) is 78.8 Å². The number of aryl methyl sites for hydroxylation is 3. The number of carboxylic acid groups (broad SMARTS) is 1. The van der Waals surface area contributed by atoms with Gasteiger partial charge in [-0.15, -0.1) is 0 Å². The van der Waals surface area contributed by atoms with Crippen molar-refractivity contribution >= 4 is 27.8 Å². The number of nitrogens with zero attached hydrogens (tertiary/aromatic N) is 1. The van der Waals surface area contributed by atoms with Crippen molar-refractivity contribution in [3.05, 3.63) is 82.6 Å². The van der Waals surface area contributed by atoms with Gasteiger partial charge in [0.05, 0.1) is 5.69 Å². The highest BCUT2D eigenvalue weighted by molar-refractivity contribution is 7.92. The molecule has 7 nitrogen and oxygen atoms in total. The minimum absolute atomic E-state index is 0.112. The van der Waals surface area contributed by atoms with Gasteiger partial charge in [0.15, 0.2) is 0 Å². The molecule has 1 aliphatic carbocycles. The molecule has 0 radical (unpaired) electrons. The number of hydrogen-bond donors (Lipinski definition) is 1. The van der Waals surface area contributed by atoms with Crippen LogP contribution >= 0.6 is 0 Å². The highest BCUT2D eigenvalue weighted by atomic mass is 32.2. The largest absolute Gasteiger partial charge is 0.487 e. The molecule has 0 fully saturated rings. The fourth-order valence-electron chi connectivity index (χ4n) is 3.82. The van der Waals surface area contributed by atoms with Gasteiger partial charge in [0.1, 0.15) is 18.1 Å². The predicted octanol–water partition coefficient (Wildman–Crippen LogP) is 4.58. The smallest absolute Gasteiger partial charge is 0.328 e. The quantitative estimate of drug-likeness (QED) is 0.487. The molecule has 4 rings (SSSR count). The molecule has 1 heterocycles. The van der Waals surface area contributed by atoms with E-state index in [2.05, 4.69) is 0 Å². The lowest BCUT2D eigenvalue weighted by Crippen LogP contribution is -2.27. The van der Waals surface area contributed by atoms with Crippen LogP contribution in [0.3, 0.4) is 0 Å². The Morgan fingerprint density at radius 3 is 2.45 bits per heavy atom. The molecule has 8 heteroatoms. The summed E-state index contributed by atoms with van der Waals surface area (Å²) in [5.41, 5.74) is 4.40. The Labute approximate surface area is 193 Å². The molecule has 0 amide bonds. The second-order valence-electron chi connectivity index (χ2n) is 7.98. The lowest BCUT2D eigenvalue weighted by Gasteiger charge is -2.22. The van der Waals surface area contributed by atoms with Crippen molar-refractivity contribution in [2.75, 3.05) is 11.4 Å². The summed E-state index contributed by atoms with van der Waals surface area (Å²) in [6, 6.07) is 14.2. The summed E-state index contributed by atoms with van der Waals surface area (Å²) >= 11 is 0. The minimum Gasteiger partial charge on any atom is -0.487 e. The van der Waals surface area contributed by atoms with Crippen LogP contribution in [0.1, 0.15) is 34.4 Å². The zero-order chi connectivity index (χ0) is 23.6. The predicted molar refractivity (Wildman–Crippen MR) is 125 cm³/mol. The number of anilines is 1. The van der Waals surface area contributed by atoms with E-state index in [0.717, 1.165) is 42.0 Å². The summed E-state index contributed by atoms with van der Waals surface area (Å²) in [6.45, 7) is 1.94. The van der Waals surface area contributed by atoms with Crippen LogP contribution in [0.15, 0.2) is 64.1 Å². The summed E-state index contributed by atoms with van der Waals surface area (Å²) in [5.74, 6) is 0.00392. The summed E-state index contributed by atoms with van der Waals surface area (Å²) < 4.78 is 39.0. The SMILES string of the molecule is Cc1ccc(S(=O)(=O)N(C)c2cc3c(cc2OCc2ccc(/C=C/C(=O)O)cc2)CCC3)o1. The van der Waals surface area contributed by atoms with Crippen LogP contribution in [0.4, 0.5) is 5.69 Å². The highest BCUT2D eigenvalue weighted by Crippen LogP contribution is 2.38. The Hall–Kier alpha value is -3.52. The first-order valence-corrected chi connectivity index (χ1v) is 12.0.